The number of Topliss-reactive ketones (excluding diaryl/α,β-unsaturated/α-hetero) is 1. The first-order chi connectivity index (χ1) is 9.19. The number of hydrogen-bond donors (Lipinski definition) is 0. The minimum absolute atomic E-state index is 0.136. The van der Waals surface area contributed by atoms with Gasteiger partial charge in [-0.25, -0.2) is 0 Å². The van der Waals surface area contributed by atoms with E-state index in [1.54, 1.807) is 6.07 Å². The highest BCUT2D eigenvalue weighted by atomic mass is 32.1. The molecule has 1 aromatic heterocycles. The van der Waals surface area contributed by atoms with Crippen LogP contribution < -0.4 is 0 Å². The van der Waals surface area contributed by atoms with E-state index >= 15 is 0 Å². The van der Waals surface area contributed by atoms with Crippen molar-refractivity contribution in [2.45, 2.75) is 38.2 Å². The van der Waals surface area contributed by atoms with Crippen molar-refractivity contribution in [3.8, 4) is 0 Å². The first-order valence-corrected chi connectivity index (χ1v) is 7.31. The van der Waals surface area contributed by atoms with Crippen molar-refractivity contribution in [3.05, 3.63) is 21.9 Å². The maximum Gasteiger partial charge on any atom is 0.310 e. The average Bonchev–Trinajstić information content (AvgIpc) is 3.07. The number of ketones is 1. The number of carbonyl (C=O) groups excluding carboxylic acids is 2. The van der Waals surface area contributed by atoms with Crippen molar-refractivity contribution in [3.63, 3.8) is 0 Å². The van der Waals surface area contributed by atoms with Gasteiger partial charge in [-0.1, -0.05) is 0 Å². The van der Waals surface area contributed by atoms with Gasteiger partial charge in [0.25, 0.3) is 0 Å². The molecule has 1 atom stereocenters. The summed E-state index contributed by atoms with van der Waals surface area (Å²) in [6.07, 6.45) is 3.96. The number of ether oxygens (including phenoxy) is 2. The molecule has 0 saturated carbocycles. The summed E-state index contributed by atoms with van der Waals surface area (Å²) in [5.74, 6) is -0.142. The quantitative estimate of drug-likeness (QED) is 0.594. The number of methoxy groups -OCH3 is 1. The zero-order valence-electron chi connectivity index (χ0n) is 11.0. The molecule has 0 bridgehead atoms. The van der Waals surface area contributed by atoms with Gasteiger partial charge in [-0.2, -0.15) is 0 Å². The molecule has 0 aromatic carbocycles. The Balaban J connectivity index is 1.83. The standard InChI is InChI=1S/C14H18O4S/c1-17-14(16)9-11-5-7-13(19-11)12(15)6-4-10-3-2-8-18-10/h5,7,10H,2-4,6,8-9H2,1H3. The van der Waals surface area contributed by atoms with Crippen LogP contribution in [-0.4, -0.2) is 31.6 Å². The Bertz CT molecular complexity index is 446. The van der Waals surface area contributed by atoms with Gasteiger partial charge in [0.15, 0.2) is 5.78 Å². The van der Waals surface area contributed by atoms with E-state index in [2.05, 4.69) is 4.74 Å². The Kier molecular flexibility index (Phi) is 5.10. The minimum Gasteiger partial charge on any atom is -0.469 e. The third-order valence-electron chi connectivity index (χ3n) is 3.20. The Hall–Kier alpha value is -1.20. The summed E-state index contributed by atoms with van der Waals surface area (Å²) in [7, 11) is 1.36. The van der Waals surface area contributed by atoms with Crippen LogP contribution in [0.4, 0.5) is 0 Å². The fraction of sp³-hybridized carbons (Fsp3) is 0.571. The molecule has 4 nitrogen and oxygen atoms in total. The fourth-order valence-electron chi connectivity index (χ4n) is 2.12. The second-order valence-corrected chi connectivity index (χ2v) is 5.78. The Labute approximate surface area is 116 Å². The Morgan fingerprint density at radius 3 is 3.00 bits per heavy atom. The molecule has 104 valence electrons. The van der Waals surface area contributed by atoms with Crippen LogP contribution >= 0.6 is 11.3 Å². The van der Waals surface area contributed by atoms with Gasteiger partial charge in [0.2, 0.25) is 0 Å². The number of hydrogen-bond acceptors (Lipinski definition) is 5. The predicted molar refractivity (Wildman–Crippen MR) is 72.6 cm³/mol. The summed E-state index contributed by atoms with van der Waals surface area (Å²) in [5.41, 5.74) is 0. The van der Waals surface area contributed by atoms with Gasteiger partial charge in [-0.05, 0) is 31.4 Å². The lowest BCUT2D eigenvalue weighted by Crippen LogP contribution is -2.08. The minimum atomic E-state index is -0.278. The number of carbonyl (C=O) groups is 2. The van der Waals surface area contributed by atoms with Crippen LogP contribution in [0.3, 0.4) is 0 Å². The third-order valence-corrected chi connectivity index (χ3v) is 4.33. The van der Waals surface area contributed by atoms with E-state index in [9.17, 15) is 9.59 Å². The Morgan fingerprint density at radius 2 is 2.32 bits per heavy atom. The zero-order chi connectivity index (χ0) is 13.7. The SMILES string of the molecule is COC(=O)Cc1ccc(C(=O)CCC2CCCO2)s1. The van der Waals surface area contributed by atoms with Gasteiger partial charge in [0, 0.05) is 17.9 Å². The highest BCUT2D eigenvalue weighted by Crippen LogP contribution is 2.22. The van der Waals surface area contributed by atoms with Crippen molar-refractivity contribution in [2.75, 3.05) is 13.7 Å². The molecule has 1 aromatic rings. The molecule has 0 amide bonds. The van der Waals surface area contributed by atoms with E-state index < -0.39 is 0 Å². The molecule has 0 radical (unpaired) electrons. The molecule has 1 aliphatic rings. The molecule has 2 rings (SSSR count). The van der Waals surface area contributed by atoms with Gasteiger partial charge in [0.05, 0.1) is 24.5 Å². The third kappa shape index (κ3) is 4.14. The zero-order valence-corrected chi connectivity index (χ0v) is 11.8. The van der Waals surface area contributed by atoms with Gasteiger partial charge >= 0.3 is 5.97 Å². The van der Waals surface area contributed by atoms with E-state index in [1.807, 2.05) is 6.07 Å². The number of esters is 1. The average molecular weight is 282 g/mol. The number of rotatable bonds is 6. The molecule has 1 saturated heterocycles. The lowest BCUT2D eigenvalue weighted by atomic mass is 10.1. The van der Waals surface area contributed by atoms with Crippen molar-refractivity contribution < 1.29 is 19.1 Å². The van der Waals surface area contributed by atoms with Gasteiger partial charge in [-0.15, -0.1) is 11.3 Å². The summed E-state index contributed by atoms with van der Waals surface area (Å²) in [5, 5.41) is 0. The molecule has 1 aliphatic heterocycles. The second kappa shape index (κ2) is 6.82. The van der Waals surface area contributed by atoms with Crippen LogP contribution in [-0.2, 0) is 20.7 Å². The first-order valence-electron chi connectivity index (χ1n) is 6.49. The van der Waals surface area contributed by atoms with Crippen LogP contribution in [0, 0.1) is 0 Å². The Morgan fingerprint density at radius 1 is 1.47 bits per heavy atom. The van der Waals surface area contributed by atoms with Crippen LogP contribution in [0.2, 0.25) is 0 Å². The topological polar surface area (TPSA) is 52.6 Å². The van der Waals surface area contributed by atoms with Gasteiger partial charge in [0.1, 0.15) is 0 Å². The monoisotopic (exact) mass is 282 g/mol. The number of thiophene rings is 1. The van der Waals surface area contributed by atoms with Crippen molar-refractivity contribution in [1.29, 1.82) is 0 Å². The van der Waals surface area contributed by atoms with Crippen molar-refractivity contribution in [1.82, 2.24) is 0 Å². The molecule has 0 spiro atoms. The molecule has 19 heavy (non-hydrogen) atoms. The lowest BCUT2D eigenvalue weighted by Gasteiger charge is -2.07. The van der Waals surface area contributed by atoms with E-state index in [1.165, 1.54) is 18.4 Å². The first kappa shape index (κ1) is 14.2. The maximum atomic E-state index is 12.0. The predicted octanol–water partition coefficient (Wildman–Crippen LogP) is 2.61. The maximum absolute atomic E-state index is 12.0. The fourth-order valence-corrected chi connectivity index (χ4v) is 3.09. The summed E-state index contributed by atoms with van der Waals surface area (Å²) in [6.45, 7) is 0.821. The van der Waals surface area contributed by atoms with E-state index in [-0.39, 0.29) is 24.3 Å². The van der Waals surface area contributed by atoms with Crippen molar-refractivity contribution >= 4 is 23.1 Å². The van der Waals surface area contributed by atoms with Crippen LogP contribution in [0.1, 0.15) is 40.2 Å². The van der Waals surface area contributed by atoms with E-state index in [0.29, 0.717) is 6.42 Å². The summed E-state index contributed by atoms with van der Waals surface area (Å²) in [6, 6.07) is 3.61. The molecule has 0 N–H and O–H groups in total. The van der Waals surface area contributed by atoms with Crippen LogP contribution in [0.5, 0.6) is 0 Å². The molecular formula is C14H18O4S. The van der Waals surface area contributed by atoms with Crippen LogP contribution in [0.15, 0.2) is 12.1 Å². The molecular weight excluding hydrogens is 264 g/mol. The molecule has 1 unspecified atom stereocenters. The van der Waals surface area contributed by atoms with E-state index in [4.69, 9.17) is 4.74 Å². The summed E-state index contributed by atoms with van der Waals surface area (Å²) in [4.78, 5) is 24.7. The normalized spacial score (nSPS) is 18.5. The van der Waals surface area contributed by atoms with Gasteiger partial charge < -0.3 is 9.47 Å². The van der Waals surface area contributed by atoms with Crippen molar-refractivity contribution in [2.24, 2.45) is 0 Å². The largest absolute Gasteiger partial charge is 0.469 e. The van der Waals surface area contributed by atoms with Gasteiger partial charge in [-0.3, -0.25) is 9.59 Å². The second-order valence-electron chi connectivity index (χ2n) is 4.62. The lowest BCUT2D eigenvalue weighted by molar-refractivity contribution is -0.139. The smallest absolute Gasteiger partial charge is 0.310 e. The molecule has 5 heteroatoms. The molecule has 0 aliphatic carbocycles. The summed E-state index contributed by atoms with van der Waals surface area (Å²) < 4.78 is 10.1. The highest BCUT2D eigenvalue weighted by molar-refractivity contribution is 7.14. The molecule has 1 fully saturated rings. The summed E-state index contributed by atoms with van der Waals surface area (Å²) >= 11 is 1.38. The highest BCUT2D eigenvalue weighted by Gasteiger charge is 2.18. The molecule has 2 heterocycles. The van der Waals surface area contributed by atoms with Crippen LogP contribution in [0.25, 0.3) is 0 Å². The van der Waals surface area contributed by atoms with E-state index in [0.717, 1.165) is 35.6 Å².